The van der Waals surface area contributed by atoms with Gasteiger partial charge in [-0.3, -0.25) is 4.79 Å². The number of rotatable bonds is 6. The molecule has 0 saturated carbocycles. The number of hydrogen-bond acceptors (Lipinski definition) is 4. The zero-order valence-electron chi connectivity index (χ0n) is 12.3. The second-order valence-corrected chi connectivity index (χ2v) is 5.92. The minimum absolute atomic E-state index is 0.0184. The van der Waals surface area contributed by atoms with Gasteiger partial charge in [0, 0.05) is 23.0 Å². The highest BCUT2D eigenvalue weighted by atomic mass is 79.9. The lowest BCUT2D eigenvalue weighted by Crippen LogP contribution is -2.19. The quantitative estimate of drug-likeness (QED) is 0.819. The summed E-state index contributed by atoms with van der Waals surface area (Å²) in [6.45, 7) is 1.88. The number of carbonyl (C=O) groups is 1. The zero-order valence-corrected chi connectivity index (χ0v) is 13.8. The summed E-state index contributed by atoms with van der Waals surface area (Å²) in [5, 5.41) is 2.78. The molecular weight excluding hydrogens is 346 g/mol. The Morgan fingerprint density at radius 1 is 1.41 bits per heavy atom. The van der Waals surface area contributed by atoms with Crippen LogP contribution in [0.3, 0.4) is 0 Å². The SMILES string of the molecule is CC(N)CCC(=O)Nc1ccc(Oc2cccc(Br)c2)nc1. The fourth-order valence-corrected chi connectivity index (χ4v) is 2.13. The largest absolute Gasteiger partial charge is 0.439 e. The molecule has 1 atom stereocenters. The summed E-state index contributed by atoms with van der Waals surface area (Å²) >= 11 is 3.38. The van der Waals surface area contributed by atoms with E-state index in [1.54, 1.807) is 18.3 Å². The van der Waals surface area contributed by atoms with Crippen molar-refractivity contribution in [2.75, 3.05) is 5.32 Å². The van der Waals surface area contributed by atoms with Gasteiger partial charge in [-0.1, -0.05) is 22.0 Å². The lowest BCUT2D eigenvalue weighted by Gasteiger charge is -2.08. The number of pyridine rings is 1. The van der Waals surface area contributed by atoms with Crippen LogP contribution in [-0.2, 0) is 4.79 Å². The van der Waals surface area contributed by atoms with Crippen LogP contribution in [0.25, 0.3) is 0 Å². The Balaban J connectivity index is 1.91. The highest BCUT2D eigenvalue weighted by molar-refractivity contribution is 9.10. The van der Waals surface area contributed by atoms with Gasteiger partial charge in [0.25, 0.3) is 0 Å². The van der Waals surface area contributed by atoms with Gasteiger partial charge in [0.05, 0.1) is 11.9 Å². The second kappa shape index (κ2) is 7.91. The second-order valence-electron chi connectivity index (χ2n) is 5.01. The molecule has 2 aromatic rings. The number of benzene rings is 1. The molecule has 116 valence electrons. The van der Waals surface area contributed by atoms with Crippen molar-refractivity contribution >= 4 is 27.5 Å². The van der Waals surface area contributed by atoms with Crippen LogP contribution >= 0.6 is 15.9 Å². The maximum absolute atomic E-state index is 11.7. The number of ether oxygens (including phenoxy) is 1. The van der Waals surface area contributed by atoms with E-state index in [1.165, 1.54) is 0 Å². The zero-order chi connectivity index (χ0) is 15.9. The average Bonchev–Trinajstić information content (AvgIpc) is 2.47. The van der Waals surface area contributed by atoms with Crippen LogP contribution in [0.15, 0.2) is 47.1 Å². The molecule has 1 heterocycles. The Kier molecular flexibility index (Phi) is 5.91. The summed E-state index contributed by atoms with van der Waals surface area (Å²) in [6.07, 6.45) is 2.62. The third kappa shape index (κ3) is 5.46. The predicted molar refractivity (Wildman–Crippen MR) is 90.0 cm³/mol. The minimum atomic E-state index is -0.0697. The van der Waals surface area contributed by atoms with Gasteiger partial charge in [0.1, 0.15) is 5.75 Å². The maximum atomic E-state index is 11.7. The maximum Gasteiger partial charge on any atom is 0.224 e. The third-order valence-corrected chi connectivity index (χ3v) is 3.36. The first-order valence-electron chi connectivity index (χ1n) is 6.98. The molecular formula is C16H18BrN3O2. The summed E-state index contributed by atoms with van der Waals surface area (Å²) in [7, 11) is 0. The molecule has 0 radical (unpaired) electrons. The number of nitrogens with zero attached hydrogens (tertiary/aromatic N) is 1. The minimum Gasteiger partial charge on any atom is -0.439 e. The fourth-order valence-electron chi connectivity index (χ4n) is 1.75. The molecule has 1 aromatic carbocycles. The summed E-state index contributed by atoms with van der Waals surface area (Å²) in [5.41, 5.74) is 6.26. The average molecular weight is 364 g/mol. The number of halogens is 1. The Labute approximate surface area is 138 Å². The van der Waals surface area contributed by atoms with Gasteiger partial charge in [-0.05, 0) is 37.6 Å². The van der Waals surface area contributed by atoms with E-state index in [1.807, 2.05) is 31.2 Å². The number of anilines is 1. The van der Waals surface area contributed by atoms with E-state index < -0.39 is 0 Å². The molecule has 1 unspecified atom stereocenters. The van der Waals surface area contributed by atoms with Crippen molar-refractivity contribution < 1.29 is 9.53 Å². The Morgan fingerprint density at radius 2 is 2.23 bits per heavy atom. The van der Waals surface area contributed by atoms with E-state index in [0.717, 1.165) is 4.47 Å². The summed E-state index contributed by atoms with van der Waals surface area (Å²) in [4.78, 5) is 15.9. The van der Waals surface area contributed by atoms with Crippen LogP contribution in [0.5, 0.6) is 11.6 Å². The van der Waals surface area contributed by atoms with Crippen LogP contribution in [0.2, 0.25) is 0 Å². The number of nitrogens with two attached hydrogens (primary N) is 1. The molecule has 0 aliphatic heterocycles. The summed E-state index contributed by atoms with van der Waals surface area (Å²) in [5.74, 6) is 1.09. The van der Waals surface area contributed by atoms with Crippen LogP contribution in [0.4, 0.5) is 5.69 Å². The summed E-state index contributed by atoms with van der Waals surface area (Å²) < 4.78 is 6.56. The van der Waals surface area contributed by atoms with Gasteiger partial charge in [0.15, 0.2) is 0 Å². The van der Waals surface area contributed by atoms with Gasteiger partial charge in [-0.15, -0.1) is 0 Å². The van der Waals surface area contributed by atoms with Crippen LogP contribution < -0.4 is 15.8 Å². The van der Waals surface area contributed by atoms with E-state index in [9.17, 15) is 4.79 Å². The molecule has 2 rings (SSSR count). The first kappa shape index (κ1) is 16.5. The van der Waals surface area contributed by atoms with Crippen molar-refractivity contribution in [3.8, 4) is 11.6 Å². The molecule has 0 aliphatic rings. The topological polar surface area (TPSA) is 77.2 Å². The number of amides is 1. The molecule has 22 heavy (non-hydrogen) atoms. The lowest BCUT2D eigenvalue weighted by molar-refractivity contribution is -0.116. The van der Waals surface area contributed by atoms with E-state index in [0.29, 0.717) is 30.2 Å². The summed E-state index contributed by atoms with van der Waals surface area (Å²) in [6, 6.07) is 11.0. The highest BCUT2D eigenvalue weighted by Crippen LogP contribution is 2.23. The molecule has 3 N–H and O–H groups in total. The molecule has 0 spiro atoms. The van der Waals surface area contributed by atoms with E-state index in [2.05, 4.69) is 26.2 Å². The first-order chi connectivity index (χ1) is 10.5. The molecule has 1 aromatic heterocycles. The number of hydrogen-bond donors (Lipinski definition) is 2. The van der Waals surface area contributed by atoms with Gasteiger partial charge in [-0.2, -0.15) is 0 Å². The van der Waals surface area contributed by atoms with Gasteiger partial charge < -0.3 is 15.8 Å². The van der Waals surface area contributed by atoms with Crippen LogP contribution in [-0.4, -0.2) is 16.9 Å². The molecule has 5 nitrogen and oxygen atoms in total. The first-order valence-corrected chi connectivity index (χ1v) is 7.77. The van der Waals surface area contributed by atoms with E-state index >= 15 is 0 Å². The van der Waals surface area contributed by atoms with Crippen molar-refractivity contribution in [3.05, 3.63) is 47.1 Å². The van der Waals surface area contributed by atoms with Crippen molar-refractivity contribution in [2.24, 2.45) is 5.73 Å². The van der Waals surface area contributed by atoms with Gasteiger partial charge >= 0.3 is 0 Å². The molecule has 1 amide bonds. The van der Waals surface area contributed by atoms with Crippen molar-refractivity contribution in [1.82, 2.24) is 4.98 Å². The number of aromatic nitrogens is 1. The standard InChI is InChI=1S/C16H18BrN3O2/c1-11(18)5-7-15(21)20-13-6-8-16(19-10-13)22-14-4-2-3-12(17)9-14/h2-4,6,8-11H,5,7,18H2,1H3,(H,20,21). The highest BCUT2D eigenvalue weighted by Gasteiger charge is 2.05. The number of carbonyl (C=O) groups excluding carboxylic acids is 1. The Bertz CT molecular complexity index is 630. The smallest absolute Gasteiger partial charge is 0.224 e. The lowest BCUT2D eigenvalue weighted by atomic mass is 10.2. The Hall–Kier alpha value is -1.92. The normalized spacial score (nSPS) is 11.8. The molecule has 0 fully saturated rings. The Morgan fingerprint density at radius 3 is 2.86 bits per heavy atom. The molecule has 0 bridgehead atoms. The van der Waals surface area contributed by atoms with Gasteiger partial charge in [-0.25, -0.2) is 4.98 Å². The monoisotopic (exact) mass is 363 g/mol. The van der Waals surface area contributed by atoms with Crippen molar-refractivity contribution in [1.29, 1.82) is 0 Å². The molecule has 0 aliphatic carbocycles. The third-order valence-electron chi connectivity index (χ3n) is 2.87. The predicted octanol–water partition coefficient (Wildman–Crippen LogP) is 3.70. The van der Waals surface area contributed by atoms with Crippen molar-refractivity contribution in [2.45, 2.75) is 25.8 Å². The fraction of sp³-hybridized carbons (Fsp3) is 0.250. The van der Waals surface area contributed by atoms with Crippen LogP contribution in [0, 0.1) is 0 Å². The van der Waals surface area contributed by atoms with Crippen LogP contribution in [0.1, 0.15) is 19.8 Å². The molecule has 0 saturated heterocycles. The van der Waals surface area contributed by atoms with E-state index in [4.69, 9.17) is 10.5 Å². The number of nitrogens with one attached hydrogen (secondary N) is 1. The molecule has 6 heteroatoms. The van der Waals surface area contributed by atoms with Gasteiger partial charge in [0.2, 0.25) is 11.8 Å². The van der Waals surface area contributed by atoms with Crippen molar-refractivity contribution in [3.63, 3.8) is 0 Å². The van der Waals surface area contributed by atoms with E-state index in [-0.39, 0.29) is 11.9 Å².